The van der Waals surface area contributed by atoms with Crippen molar-refractivity contribution in [2.45, 2.75) is 51.7 Å². The molecule has 1 aromatic carbocycles. The summed E-state index contributed by atoms with van der Waals surface area (Å²) in [4.78, 5) is 0. The van der Waals surface area contributed by atoms with Crippen molar-refractivity contribution >= 4 is 21.6 Å². The summed E-state index contributed by atoms with van der Waals surface area (Å²) in [7, 11) is 0. The maximum absolute atomic E-state index is 6.03. The van der Waals surface area contributed by atoms with Crippen molar-refractivity contribution in [2.75, 3.05) is 5.73 Å². The van der Waals surface area contributed by atoms with Crippen molar-refractivity contribution < 1.29 is 4.74 Å². The molecule has 2 rings (SSSR count). The second-order valence-corrected chi connectivity index (χ2v) is 6.08. The van der Waals surface area contributed by atoms with Crippen LogP contribution in [0.5, 0.6) is 0 Å². The molecular formula is C15H22BrNO. The highest BCUT2D eigenvalue weighted by molar-refractivity contribution is 9.10. The molecule has 1 saturated carbocycles. The van der Waals surface area contributed by atoms with E-state index in [0.717, 1.165) is 21.6 Å². The summed E-state index contributed by atoms with van der Waals surface area (Å²) >= 11 is 3.41. The first kappa shape index (κ1) is 13.9. The van der Waals surface area contributed by atoms with Crippen molar-refractivity contribution in [2.24, 2.45) is 5.92 Å². The van der Waals surface area contributed by atoms with E-state index in [4.69, 9.17) is 10.5 Å². The number of anilines is 1. The van der Waals surface area contributed by atoms with E-state index in [9.17, 15) is 0 Å². The van der Waals surface area contributed by atoms with E-state index in [2.05, 4.69) is 28.9 Å². The number of hydrogen-bond donors (Lipinski definition) is 1. The van der Waals surface area contributed by atoms with E-state index in [1.165, 1.54) is 32.1 Å². The Bertz CT molecular complexity index is 394. The van der Waals surface area contributed by atoms with E-state index in [0.29, 0.717) is 12.7 Å². The molecule has 2 unspecified atom stereocenters. The number of nitrogen functional groups attached to an aromatic ring is 1. The molecule has 3 heteroatoms. The standard InChI is InChI=1S/C15H22BrNO/c1-2-11-4-3-5-13(8-11)18-10-12-6-7-14(16)15(17)9-12/h6-7,9,11,13H,2-5,8,10,17H2,1H3. The van der Waals surface area contributed by atoms with E-state index >= 15 is 0 Å². The first-order valence-electron chi connectivity index (χ1n) is 6.84. The third-order valence-corrected chi connectivity index (χ3v) is 4.58. The van der Waals surface area contributed by atoms with E-state index in [1.54, 1.807) is 0 Å². The summed E-state index contributed by atoms with van der Waals surface area (Å²) in [6.45, 7) is 2.96. The lowest BCUT2D eigenvalue weighted by molar-refractivity contribution is 0.00178. The van der Waals surface area contributed by atoms with Crippen LogP contribution in [0, 0.1) is 5.92 Å². The molecule has 1 aromatic rings. The summed E-state index contributed by atoms with van der Waals surface area (Å²) in [5.74, 6) is 0.860. The first-order chi connectivity index (χ1) is 8.69. The Hall–Kier alpha value is -0.540. The lowest BCUT2D eigenvalue weighted by Gasteiger charge is -2.28. The highest BCUT2D eigenvalue weighted by atomic mass is 79.9. The highest BCUT2D eigenvalue weighted by Gasteiger charge is 2.21. The van der Waals surface area contributed by atoms with Crippen LogP contribution in [0.25, 0.3) is 0 Å². The van der Waals surface area contributed by atoms with Crippen LogP contribution in [0.3, 0.4) is 0 Å². The second-order valence-electron chi connectivity index (χ2n) is 5.23. The topological polar surface area (TPSA) is 35.2 Å². The number of nitrogens with two attached hydrogens (primary N) is 1. The zero-order chi connectivity index (χ0) is 13.0. The van der Waals surface area contributed by atoms with Crippen LogP contribution in [0.4, 0.5) is 5.69 Å². The molecule has 0 radical (unpaired) electrons. The Morgan fingerprint density at radius 2 is 2.22 bits per heavy atom. The molecule has 0 saturated heterocycles. The Morgan fingerprint density at radius 1 is 1.39 bits per heavy atom. The van der Waals surface area contributed by atoms with Gasteiger partial charge < -0.3 is 10.5 Å². The zero-order valence-electron chi connectivity index (χ0n) is 11.0. The van der Waals surface area contributed by atoms with Crippen LogP contribution in [-0.4, -0.2) is 6.10 Å². The molecule has 1 fully saturated rings. The lowest BCUT2D eigenvalue weighted by Crippen LogP contribution is -2.22. The molecule has 2 nitrogen and oxygen atoms in total. The van der Waals surface area contributed by atoms with Crippen LogP contribution in [0.1, 0.15) is 44.6 Å². The molecule has 0 bridgehead atoms. The third kappa shape index (κ3) is 3.72. The number of hydrogen-bond acceptors (Lipinski definition) is 2. The predicted octanol–water partition coefficient (Wildman–Crippen LogP) is 4.52. The number of ether oxygens (including phenoxy) is 1. The first-order valence-corrected chi connectivity index (χ1v) is 7.63. The van der Waals surface area contributed by atoms with Crippen molar-refractivity contribution in [3.8, 4) is 0 Å². The Labute approximate surface area is 118 Å². The molecule has 0 amide bonds. The van der Waals surface area contributed by atoms with Gasteiger partial charge in [-0.1, -0.05) is 32.3 Å². The molecule has 0 aromatic heterocycles. The van der Waals surface area contributed by atoms with Crippen molar-refractivity contribution in [1.82, 2.24) is 0 Å². The van der Waals surface area contributed by atoms with Gasteiger partial charge in [-0.25, -0.2) is 0 Å². The third-order valence-electron chi connectivity index (χ3n) is 3.86. The molecule has 1 aliphatic carbocycles. The van der Waals surface area contributed by atoms with E-state index in [1.807, 2.05) is 12.1 Å². The molecule has 2 N–H and O–H groups in total. The fourth-order valence-corrected chi connectivity index (χ4v) is 2.91. The largest absolute Gasteiger partial charge is 0.398 e. The maximum atomic E-state index is 6.03. The number of benzene rings is 1. The fraction of sp³-hybridized carbons (Fsp3) is 0.600. The summed E-state index contributed by atoms with van der Waals surface area (Å²) < 4.78 is 6.98. The van der Waals surface area contributed by atoms with Crippen LogP contribution >= 0.6 is 15.9 Å². The quantitative estimate of drug-likeness (QED) is 0.830. The Kier molecular flexibility index (Phi) is 5.07. The van der Waals surface area contributed by atoms with Crippen LogP contribution in [0.15, 0.2) is 22.7 Å². The average Bonchev–Trinajstić information content (AvgIpc) is 2.40. The fourth-order valence-electron chi connectivity index (χ4n) is 2.66. The second kappa shape index (κ2) is 6.58. The molecule has 0 heterocycles. The normalized spacial score (nSPS) is 24.1. The summed E-state index contributed by atoms with van der Waals surface area (Å²) in [6.07, 6.45) is 6.84. The minimum absolute atomic E-state index is 0.438. The van der Waals surface area contributed by atoms with Crippen molar-refractivity contribution in [3.05, 3.63) is 28.2 Å². The van der Waals surface area contributed by atoms with Crippen LogP contribution < -0.4 is 5.73 Å². The van der Waals surface area contributed by atoms with Gasteiger partial charge in [0, 0.05) is 10.2 Å². The van der Waals surface area contributed by atoms with Crippen molar-refractivity contribution in [3.63, 3.8) is 0 Å². The smallest absolute Gasteiger partial charge is 0.0721 e. The van der Waals surface area contributed by atoms with E-state index in [-0.39, 0.29) is 0 Å². The maximum Gasteiger partial charge on any atom is 0.0721 e. The van der Waals surface area contributed by atoms with Gasteiger partial charge >= 0.3 is 0 Å². The van der Waals surface area contributed by atoms with Gasteiger partial charge in [-0.15, -0.1) is 0 Å². The predicted molar refractivity (Wildman–Crippen MR) is 79.4 cm³/mol. The molecule has 1 aliphatic rings. The minimum Gasteiger partial charge on any atom is -0.398 e. The van der Waals surface area contributed by atoms with Gasteiger partial charge in [-0.2, -0.15) is 0 Å². The highest BCUT2D eigenvalue weighted by Crippen LogP contribution is 2.29. The Balaban J connectivity index is 1.85. The van der Waals surface area contributed by atoms with Gasteiger partial charge in [0.25, 0.3) is 0 Å². The van der Waals surface area contributed by atoms with Crippen LogP contribution in [0.2, 0.25) is 0 Å². The molecule has 0 aliphatic heterocycles. The van der Waals surface area contributed by atoms with Gasteiger partial charge in [-0.3, -0.25) is 0 Å². The average molecular weight is 312 g/mol. The molecular weight excluding hydrogens is 290 g/mol. The van der Waals surface area contributed by atoms with Gasteiger partial charge in [-0.05, 0) is 52.4 Å². The SMILES string of the molecule is CCC1CCCC(OCc2ccc(Br)c(N)c2)C1. The molecule has 100 valence electrons. The van der Waals surface area contributed by atoms with E-state index < -0.39 is 0 Å². The molecule has 2 atom stereocenters. The van der Waals surface area contributed by atoms with Crippen LogP contribution in [-0.2, 0) is 11.3 Å². The molecule has 18 heavy (non-hydrogen) atoms. The zero-order valence-corrected chi connectivity index (χ0v) is 12.6. The summed E-state index contributed by atoms with van der Waals surface area (Å²) in [5, 5.41) is 0. The van der Waals surface area contributed by atoms with Gasteiger partial charge in [0.2, 0.25) is 0 Å². The van der Waals surface area contributed by atoms with Gasteiger partial charge in [0.1, 0.15) is 0 Å². The summed E-state index contributed by atoms with van der Waals surface area (Å²) in [5.41, 5.74) is 7.82. The van der Waals surface area contributed by atoms with Gasteiger partial charge in [0.15, 0.2) is 0 Å². The van der Waals surface area contributed by atoms with Gasteiger partial charge in [0.05, 0.1) is 12.7 Å². The minimum atomic E-state index is 0.438. The number of rotatable bonds is 4. The summed E-state index contributed by atoms with van der Waals surface area (Å²) in [6, 6.07) is 6.05. The monoisotopic (exact) mass is 311 g/mol. The Morgan fingerprint density at radius 3 is 2.94 bits per heavy atom. The lowest BCUT2D eigenvalue weighted by atomic mass is 9.85. The van der Waals surface area contributed by atoms with Crippen molar-refractivity contribution in [1.29, 1.82) is 0 Å². The molecule has 0 spiro atoms. The number of halogens is 1.